The Morgan fingerprint density at radius 3 is 1.58 bits per heavy atom. The van der Waals surface area contributed by atoms with Gasteiger partial charge >= 0.3 is 0 Å². The number of nitrogens with zero attached hydrogens (tertiary/aromatic N) is 2. The maximum atomic E-state index is 5.16. The zero-order chi connectivity index (χ0) is 33.0. The minimum atomic E-state index is 0.727. The third kappa shape index (κ3) is 5.00. The second-order valence-electron chi connectivity index (χ2n) is 12.6. The molecule has 0 amide bonds. The van der Waals surface area contributed by atoms with Crippen LogP contribution in [0, 0.1) is 0 Å². The van der Waals surface area contributed by atoms with Gasteiger partial charge in [0.15, 0.2) is 5.82 Å². The van der Waals surface area contributed by atoms with E-state index in [1.54, 1.807) is 0 Å². The third-order valence-electron chi connectivity index (χ3n) is 9.53. The summed E-state index contributed by atoms with van der Waals surface area (Å²) in [4.78, 5) is 10.3. The molecule has 10 rings (SSSR count). The quantitative estimate of drug-likeness (QED) is 0.182. The number of aromatic nitrogens is 2. The molecule has 10 aromatic rings. The lowest BCUT2D eigenvalue weighted by molar-refractivity contribution is 1.18. The Bertz CT molecular complexity index is 2850. The van der Waals surface area contributed by atoms with Gasteiger partial charge in [-0.2, -0.15) is 0 Å². The SMILES string of the molecule is c1ccc(-c2ccc(-c3cc(-c4ccccc4)nc(-c4ccc5c(c4)sc4cc(-c6cccc7c6sc6ccccc67)ccc45)n3)cc2)cc1. The van der Waals surface area contributed by atoms with Crippen molar-refractivity contribution in [1.82, 2.24) is 9.97 Å². The fourth-order valence-corrected chi connectivity index (χ4v) is 9.43. The van der Waals surface area contributed by atoms with Gasteiger partial charge in [-0.25, -0.2) is 9.97 Å². The summed E-state index contributed by atoms with van der Waals surface area (Å²) in [5, 5.41) is 5.20. The van der Waals surface area contributed by atoms with E-state index in [4.69, 9.17) is 9.97 Å². The van der Waals surface area contributed by atoms with E-state index in [9.17, 15) is 0 Å². The fourth-order valence-electron chi connectivity index (χ4n) is 7.00. The first kappa shape index (κ1) is 29.0. The first-order chi connectivity index (χ1) is 24.7. The molecule has 0 N–H and O–H groups in total. The van der Waals surface area contributed by atoms with Gasteiger partial charge in [-0.3, -0.25) is 0 Å². The molecule has 0 bridgehead atoms. The predicted molar refractivity (Wildman–Crippen MR) is 215 cm³/mol. The maximum absolute atomic E-state index is 5.16. The normalized spacial score (nSPS) is 11.6. The fraction of sp³-hybridized carbons (Fsp3) is 0. The molecule has 3 aromatic heterocycles. The number of hydrogen-bond acceptors (Lipinski definition) is 4. The Balaban J connectivity index is 1.07. The summed E-state index contributed by atoms with van der Waals surface area (Å²) in [5.41, 5.74) is 9.90. The third-order valence-corrected chi connectivity index (χ3v) is 11.9. The van der Waals surface area contributed by atoms with Gasteiger partial charge in [-0.15, -0.1) is 22.7 Å². The van der Waals surface area contributed by atoms with Crippen LogP contribution in [0.4, 0.5) is 0 Å². The van der Waals surface area contributed by atoms with Crippen LogP contribution in [0.25, 0.3) is 96.5 Å². The summed E-state index contributed by atoms with van der Waals surface area (Å²) in [5.74, 6) is 0.727. The lowest BCUT2D eigenvalue weighted by atomic mass is 10.0. The highest BCUT2D eigenvalue weighted by atomic mass is 32.1. The van der Waals surface area contributed by atoms with Crippen molar-refractivity contribution in [2.45, 2.75) is 0 Å². The van der Waals surface area contributed by atoms with Gasteiger partial charge in [-0.1, -0.05) is 146 Å². The molecule has 0 radical (unpaired) electrons. The monoisotopic (exact) mass is 672 g/mol. The molecule has 0 aliphatic rings. The minimum Gasteiger partial charge on any atom is -0.228 e. The van der Waals surface area contributed by atoms with Crippen molar-refractivity contribution in [2.24, 2.45) is 0 Å². The highest BCUT2D eigenvalue weighted by molar-refractivity contribution is 7.26. The van der Waals surface area contributed by atoms with Gasteiger partial charge in [0, 0.05) is 57.0 Å². The van der Waals surface area contributed by atoms with E-state index in [0.717, 1.165) is 33.9 Å². The topological polar surface area (TPSA) is 25.8 Å². The molecular weight excluding hydrogens is 645 g/mol. The average Bonchev–Trinajstić information content (AvgIpc) is 3.76. The Kier molecular flexibility index (Phi) is 6.90. The number of hydrogen-bond donors (Lipinski definition) is 0. The molecular formula is C46H28N2S2. The number of fused-ring (bicyclic) bond motifs is 6. The van der Waals surface area contributed by atoms with Crippen molar-refractivity contribution in [3.63, 3.8) is 0 Å². The lowest BCUT2D eigenvalue weighted by Gasteiger charge is -2.10. The molecule has 4 heteroatoms. The molecule has 0 saturated heterocycles. The number of rotatable bonds is 5. The number of thiophene rings is 2. The second kappa shape index (κ2) is 11.9. The predicted octanol–water partition coefficient (Wildman–Crippen LogP) is 13.5. The van der Waals surface area contributed by atoms with E-state index in [2.05, 4.69) is 158 Å². The Hall–Kier alpha value is -5.94. The molecule has 0 saturated carbocycles. The summed E-state index contributed by atoms with van der Waals surface area (Å²) >= 11 is 3.72. The summed E-state index contributed by atoms with van der Waals surface area (Å²) in [6, 6.07) is 60.7. The summed E-state index contributed by atoms with van der Waals surface area (Å²) in [7, 11) is 0. The summed E-state index contributed by atoms with van der Waals surface area (Å²) in [6.45, 7) is 0. The van der Waals surface area contributed by atoms with Crippen molar-refractivity contribution in [2.75, 3.05) is 0 Å². The van der Waals surface area contributed by atoms with E-state index in [0.29, 0.717) is 0 Å². The van der Waals surface area contributed by atoms with Crippen LogP contribution in [-0.2, 0) is 0 Å². The van der Waals surface area contributed by atoms with E-state index < -0.39 is 0 Å². The van der Waals surface area contributed by atoms with Crippen molar-refractivity contribution >= 4 is 63.0 Å². The number of benzene rings is 7. The summed E-state index contributed by atoms with van der Waals surface area (Å²) in [6.07, 6.45) is 0. The highest BCUT2D eigenvalue weighted by Crippen LogP contribution is 2.43. The van der Waals surface area contributed by atoms with Crippen molar-refractivity contribution in [3.05, 3.63) is 170 Å². The Morgan fingerprint density at radius 2 is 0.840 bits per heavy atom. The van der Waals surface area contributed by atoms with E-state index in [-0.39, 0.29) is 0 Å². The first-order valence-corrected chi connectivity index (χ1v) is 18.4. The molecule has 0 fully saturated rings. The van der Waals surface area contributed by atoms with E-state index in [1.165, 1.54) is 62.6 Å². The van der Waals surface area contributed by atoms with Crippen LogP contribution in [0.2, 0.25) is 0 Å². The standard InChI is InChI=1S/C46H28N2S2/c1-3-10-29(11-4-1)30-18-20-32(21-19-30)41-28-40(31-12-5-2-6-13-31)47-46(48-41)34-23-25-38-37-24-22-33(26-43(37)49-44(38)27-34)35-15-9-16-39-36-14-7-8-17-42(36)50-45(35)39/h1-28H. The van der Waals surface area contributed by atoms with Gasteiger partial charge in [0.1, 0.15) is 0 Å². The van der Waals surface area contributed by atoms with Crippen LogP contribution in [0.5, 0.6) is 0 Å². The van der Waals surface area contributed by atoms with Crippen molar-refractivity contribution < 1.29 is 0 Å². The van der Waals surface area contributed by atoms with Crippen LogP contribution >= 0.6 is 22.7 Å². The first-order valence-electron chi connectivity index (χ1n) is 16.7. The van der Waals surface area contributed by atoms with Gasteiger partial charge < -0.3 is 0 Å². The van der Waals surface area contributed by atoms with Gasteiger partial charge in [0.2, 0.25) is 0 Å². The molecule has 2 nitrogen and oxygen atoms in total. The lowest BCUT2D eigenvalue weighted by Crippen LogP contribution is -1.96. The van der Waals surface area contributed by atoms with Crippen molar-refractivity contribution in [1.29, 1.82) is 0 Å². The average molecular weight is 673 g/mol. The van der Waals surface area contributed by atoms with Gasteiger partial charge in [0.25, 0.3) is 0 Å². The highest BCUT2D eigenvalue weighted by Gasteiger charge is 2.15. The van der Waals surface area contributed by atoms with Crippen molar-refractivity contribution in [3.8, 4) is 56.2 Å². The van der Waals surface area contributed by atoms with Crippen LogP contribution in [-0.4, -0.2) is 9.97 Å². The molecule has 234 valence electrons. The van der Waals surface area contributed by atoms with Crippen LogP contribution in [0.1, 0.15) is 0 Å². The smallest absolute Gasteiger partial charge is 0.160 e. The van der Waals surface area contributed by atoms with Crippen LogP contribution < -0.4 is 0 Å². The molecule has 7 aromatic carbocycles. The zero-order valence-corrected chi connectivity index (χ0v) is 28.5. The molecule has 0 spiro atoms. The molecule has 0 aliphatic carbocycles. The molecule has 0 aliphatic heterocycles. The van der Waals surface area contributed by atoms with Gasteiger partial charge in [-0.05, 0) is 46.5 Å². The van der Waals surface area contributed by atoms with E-state index in [1.807, 2.05) is 34.8 Å². The second-order valence-corrected chi connectivity index (χ2v) is 14.7. The summed E-state index contributed by atoms with van der Waals surface area (Å²) < 4.78 is 5.19. The maximum Gasteiger partial charge on any atom is 0.160 e. The Morgan fingerprint density at radius 1 is 0.320 bits per heavy atom. The molecule has 0 unspecified atom stereocenters. The minimum absolute atomic E-state index is 0.727. The largest absolute Gasteiger partial charge is 0.228 e. The zero-order valence-electron chi connectivity index (χ0n) is 26.9. The Labute approximate surface area is 297 Å². The molecule has 50 heavy (non-hydrogen) atoms. The molecule has 3 heterocycles. The van der Waals surface area contributed by atoms with Crippen LogP contribution in [0.15, 0.2) is 170 Å². The van der Waals surface area contributed by atoms with Gasteiger partial charge in [0.05, 0.1) is 11.4 Å². The van der Waals surface area contributed by atoms with E-state index >= 15 is 0 Å². The van der Waals surface area contributed by atoms with Crippen LogP contribution in [0.3, 0.4) is 0 Å². The molecule has 0 atom stereocenters.